The van der Waals surface area contributed by atoms with Gasteiger partial charge < -0.3 is 4.98 Å². The number of aryl methyl sites for hydroxylation is 1. The summed E-state index contributed by atoms with van der Waals surface area (Å²) in [6.07, 6.45) is 3.88. The van der Waals surface area contributed by atoms with E-state index in [9.17, 15) is 0 Å². The Labute approximate surface area is 326 Å². The molecule has 0 bridgehead atoms. The van der Waals surface area contributed by atoms with E-state index in [0.717, 1.165) is 33.5 Å². The number of rotatable bonds is 4. The molecule has 0 aliphatic rings. The summed E-state index contributed by atoms with van der Waals surface area (Å²) in [5.41, 5.74) is 6.28. The third kappa shape index (κ3) is 6.63. The molecule has 52 heavy (non-hydrogen) atoms. The molecule has 1 radical (unpaired) electrons. The SMILES string of the molecule is Cc1cc(-c2[c-]cccc2)ncc1[Si](C)(C)C.[2H]C(C)(C)c1ccnc(-c2[c-]c3ccccc3c3c2sc2c4ccc5ccccc5c4ccc23)c1.[Ir]. The van der Waals surface area contributed by atoms with Crippen LogP contribution in [0.4, 0.5) is 0 Å². The molecule has 0 unspecified atom stereocenters. The average Bonchev–Trinajstić information content (AvgIpc) is 3.55. The van der Waals surface area contributed by atoms with Gasteiger partial charge in [-0.2, -0.15) is 11.3 Å². The molecule has 2 nitrogen and oxygen atoms in total. The summed E-state index contributed by atoms with van der Waals surface area (Å²) in [5, 5.41) is 11.4. The molecular formula is C47H40IrN2SSi-2. The van der Waals surface area contributed by atoms with E-state index in [4.69, 9.17) is 6.35 Å². The van der Waals surface area contributed by atoms with Crippen molar-refractivity contribution in [3.63, 3.8) is 0 Å². The van der Waals surface area contributed by atoms with Crippen LogP contribution in [0.15, 0.2) is 128 Å². The molecule has 0 saturated carbocycles. The molecule has 0 N–H and O–H groups in total. The smallest absolute Gasteiger partial charge is 0.0798 e. The van der Waals surface area contributed by atoms with Crippen molar-refractivity contribution in [2.24, 2.45) is 0 Å². The van der Waals surface area contributed by atoms with E-state index < -0.39 is 14.0 Å². The van der Waals surface area contributed by atoms with Crippen molar-refractivity contribution >= 4 is 77.1 Å². The number of hydrogen-bond acceptors (Lipinski definition) is 3. The molecule has 3 heterocycles. The summed E-state index contributed by atoms with van der Waals surface area (Å²) in [5.74, 6) is -0.689. The van der Waals surface area contributed by atoms with Crippen molar-refractivity contribution in [3.05, 3.63) is 151 Å². The molecule has 6 aromatic carbocycles. The molecule has 3 aromatic heterocycles. The van der Waals surface area contributed by atoms with Gasteiger partial charge in [0, 0.05) is 44.3 Å². The molecule has 5 heteroatoms. The Morgan fingerprint density at radius 2 is 1.44 bits per heavy atom. The fraction of sp³-hybridized carbons (Fsp3) is 0.149. The van der Waals surface area contributed by atoms with E-state index >= 15 is 0 Å². The first-order chi connectivity index (χ1) is 25.0. The van der Waals surface area contributed by atoms with E-state index in [-0.39, 0.29) is 20.1 Å². The molecule has 0 aliphatic heterocycles. The molecule has 0 atom stereocenters. The van der Waals surface area contributed by atoms with Crippen molar-refractivity contribution in [1.29, 1.82) is 0 Å². The second-order valence-electron chi connectivity index (χ2n) is 14.5. The molecule has 9 rings (SSSR count). The van der Waals surface area contributed by atoms with Crippen LogP contribution in [0.3, 0.4) is 0 Å². The second-order valence-corrected chi connectivity index (χ2v) is 20.6. The maximum Gasteiger partial charge on any atom is 0.0798 e. The van der Waals surface area contributed by atoms with Crippen molar-refractivity contribution < 1.29 is 21.5 Å². The first kappa shape index (κ1) is 34.6. The zero-order valence-electron chi connectivity index (χ0n) is 31.3. The van der Waals surface area contributed by atoms with Gasteiger partial charge in [0.2, 0.25) is 0 Å². The van der Waals surface area contributed by atoms with E-state index in [1.54, 1.807) is 0 Å². The normalized spacial score (nSPS) is 12.2. The monoisotopic (exact) mass is 886 g/mol. The fourth-order valence-electron chi connectivity index (χ4n) is 7.19. The Kier molecular flexibility index (Phi) is 9.63. The van der Waals surface area contributed by atoms with Gasteiger partial charge in [-0.05, 0) is 67.0 Å². The van der Waals surface area contributed by atoms with Crippen LogP contribution in [0.5, 0.6) is 0 Å². The van der Waals surface area contributed by atoms with Crippen molar-refractivity contribution in [2.45, 2.75) is 46.3 Å². The van der Waals surface area contributed by atoms with Gasteiger partial charge in [-0.1, -0.05) is 134 Å². The molecule has 0 amide bonds. The summed E-state index contributed by atoms with van der Waals surface area (Å²) in [6.45, 7) is 13.1. The van der Waals surface area contributed by atoms with Gasteiger partial charge >= 0.3 is 0 Å². The molecule has 0 fully saturated rings. The topological polar surface area (TPSA) is 25.8 Å². The zero-order valence-corrected chi connectivity index (χ0v) is 34.5. The molecule has 0 aliphatic carbocycles. The second kappa shape index (κ2) is 14.5. The Morgan fingerprint density at radius 3 is 2.19 bits per heavy atom. The van der Waals surface area contributed by atoms with Crippen molar-refractivity contribution in [1.82, 2.24) is 9.97 Å². The quantitative estimate of drug-likeness (QED) is 0.1000. The standard InChI is InChI=1S/C32H22NS.C15H18NSi.Ir/c1-19(2)21-15-16-33-29(18-21)28-17-22-8-4-6-10-24(22)30-27-14-13-25-23-9-5-3-7-20(23)11-12-26(25)31(27)34-32(28)30;1-12-10-14(13-8-6-5-7-9-13)16-11-15(12)17(2,3)4;/h3-16,18-19H,1-2H3;5-8,10-11H,1-4H3;/q2*-1;/i19D;;. The van der Waals surface area contributed by atoms with Gasteiger partial charge in [-0.15, -0.1) is 53.4 Å². The molecule has 9 aromatic rings. The summed E-state index contributed by atoms with van der Waals surface area (Å²) in [4.78, 5) is 9.33. The Balaban J connectivity index is 0.000000205. The number of pyridine rings is 2. The van der Waals surface area contributed by atoms with Crippen LogP contribution >= 0.6 is 11.3 Å². The number of fused-ring (bicyclic) bond motifs is 9. The Hall–Kier alpha value is -4.51. The summed E-state index contributed by atoms with van der Waals surface area (Å²) >= 11 is 1.83. The van der Waals surface area contributed by atoms with Crippen LogP contribution in [0.2, 0.25) is 19.6 Å². The van der Waals surface area contributed by atoms with E-state index in [0.29, 0.717) is 0 Å². The number of benzene rings is 6. The number of hydrogen-bond donors (Lipinski definition) is 0. The summed E-state index contributed by atoms with van der Waals surface area (Å²) in [6, 6.07) is 47.2. The predicted octanol–water partition coefficient (Wildman–Crippen LogP) is 12.9. The number of nitrogens with zero attached hydrogens (tertiary/aromatic N) is 2. The van der Waals surface area contributed by atoms with Crippen LogP contribution in [0.25, 0.3) is 75.0 Å². The largest absolute Gasteiger partial charge is 0.305 e. The van der Waals surface area contributed by atoms with Gasteiger partial charge in [-0.25, -0.2) is 0 Å². The molecule has 0 spiro atoms. The fourth-order valence-corrected chi connectivity index (χ4v) is 10.2. The third-order valence-electron chi connectivity index (χ3n) is 9.76. The van der Waals surface area contributed by atoms with E-state index in [1.807, 2.05) is 55.6 Å². The van der Waals surface area contributed by atoms with Gasteiger partial charge in [0.15, 0.2) is 0 Å². The first-order valence-electron chi connectivity index (χ1n) is 18.0. The van der Waals surface area contributed by atoms with Crippen molar-refractivity contribution in [2.75, 3.05) is 0 Å². The van der Waals surface area contributed by atoms with Gasteiger partial charge in [0.1, 0.15) is 0 Å². The molecular weight excluding hydrogens is 845 g/mol. The predicted molar refractivity (Wildman–Crippen MR) is 224 cm³/mol. The molecule has 259 valence electrons. The van der Waals surface area contributed by atoms with Crippen LogP contribution in [-0.2, 0) is 20.1 Å². The summed E-state index contributed by atoms with van der Waals surface area (Å²) in [7, 11) is -1.27. The minimum absolute atomic E-state index is 0. The summed E-state index contributed by atoms with van der Waals surface area (Å²) < 4.78 is 11.0. The minimum atomic E-state index is -1.27. The van der Waals surface area contributed by atoms with E-state index in [2.05, 4.69) is 141 Å². The van der Waals surface area contributed by atoms with Crippen LogP contribution < -0.4 is 5.19 Å². The number of aromatic nitrogens is 2. The van der Waals surface area contributed by atoms with Crippen LogP contribution in [0.1, 0.15) is 32.2 Å². The van der Waals surface area contributed by atoms with Gasteiger partial charge in [0.25, 0.3) is 0 Å². The van der Waals surface area contributed by atoms with Crippen molar-refractivity contribution in [3.8, 4) is 22.5 Å². The van der Waals surface area contributed by atoms with Crippen LogP contribution in [0, 0.1) is 19.1 Å². The zero-order chi connectivity index (χ0) is 36.2. The van der Waals surface area contributed by atoms with E-state index in [1.165, 1.54) is 57.9 Å². The third-order valence-corrected chi connectivity index (χ3v) is 13.2. The van der Waals surface area contributed by atoms with Crippen LogP contribution in [-0.4, -0.2) is 18.0 Å². The molecule has 0 saturated heterocycles. The maximum absolute atomic E-state index is 8.53. The average molecular weight is 886 g/mol. The Morgan fingerprint density at radius 1 is 0.712 bits per heavy atom. The number of thiophene rings is 1. The van der Waals surface area contributed by atoms with Gasteiger partial charge in [-0.3, -0.25) is 4.98 Å². The van der Waals surface area contributed by atoms with Gasteiger partial charge in [0.05, 0.1) is 8.07 Å². The Bertz CT molecular complexity index is 2780. The maximum atomic E-state index is 8.53. The minimum Gasteiger partial charge on any atom is -0.305 e. The first-order valence-corrected chi connectivity index (χ1v) is 21.8.